The number of benzene rings is 3. The van der Waals surface area contributed by atoms with Gasteiger partial charge >= 0.3 is 0 Å². The molecule has 0 fully saturated rings. The minimum atomic E-state index is -0.554. The lowest BCUT2D eigenvalue weighted by Gasteiger charge is -2.38. The first kappa shape index (κ1) is 19.8. The maximum absolute atomic E-state index is 6.20. The summed E-state index contributed by atoms with van der Waals surface area (Å²) in [6.45, 7) is 1.08. The largest absolute Gasteiger partial charge is 0.493 e. The van der Waals surface area contributed by atoms with E-state index >= 15 is 0 Å². The van der Waals surface area contributed by atoms with E-state index in [9.17, 15) is 0 Å². The van der Waals surface area contributed by atoms with Crippen molar-refractivity contribution < 1.29 is 14.2 Å². The molecule has 0 saturated heterocycles. The molecule has 5 aromatic rings. The summed E-state index contributed by atoms with van der Waals surface area (Å²) >= 11 is 0. The van der Waals surface area contributed by atoms with Crippen molar-refractivity contribution in [3.63, 3.8) is 0 Å². The minimum absolute atomic E-state index is 0.472. The van der Waals surface area contributed by atoms with E-state index in [2.05, 4.69) is 52.7 Å². The molecular formula is C27H23N3O3. The number of fused-ring (bicyclic) bond motifs is 4. The monoisotopic (exact) mass is 437 g/mol. The SMILES string of the molecule is COC1(c2cccc(OCc3ccc4c(ccc5nncn54)c3)c2)CCOc2ccccc21. The Bertz CT molecular complexity index is 1460. The van der Waals surface area contributed by atoms with Gasteiger partial charge in [0.1, 0.15) is 30.0 Å². The van der Waals surface area contributed by atoms with Crippen LogP contribution in [0.1, 0.15) is 23.1 Å². The Morgan fingerprint density at radius 3 is 2.88 bits per heavy atom. The molecule has 0 saturated carbocycles. The lowest BCUT2D eigenvalue weighted by atomic mass is 9.81. The number of pyridine rings is 1. The maximum atomic E-state index is 6.20. The molecule has 0 radical (unpaired) electrons. The molecule has 0 aliphatic carbocycles. The number of nitrogens with zero attached hydrogens (tertiary/aromatic N) is 3. The zero-order chi connectivity index (χ0) is 22.3. The van der Waals surface area contributed by atoms with Gasteiger partial charge in [-0.2, -0.15) is 0 Å². The van der Waals surface area contributed by atoms with E-state index in [4.69, 9.17) is 14.2 Å². The summed E-state index contributed by atoms with van der Waals surface area (Å²) < 4.78 is 20.2. The first-order valence-corrected chi connectivity index (χ1v) is 11.0. The van der Waals surface area contributed by atoms with E-state index in [-0.39, 0.29) is 0 Å². The molecular weight excluding hydrogens is 414 g/mol. The highest BCUT2D eigenvalue weighted by atomic mass is 16.5. The molecule has 164 valence electrons. The van der Waals surface area contributed by atoms with E-state index in [0.29, 0.717) is 13.2 Å². The number of rotatable bonds is 5. The molecule has 6 rings (SSSR count). The zero-order valence-electron chi connectivity index (χ0n) is 18.3. The number of para-hydroxylation sites is 1. The summed E-state index contributed by atoms with van der Waals surface area (Å²) in [5.74, 6) is 1.68. The van der Waals surface area contributed by atoms with Crippen molar-refractivity contribution in [3.05, 3.63) is 102 Å². The van der Waals surface area contributed by atoms with E-state index < -0.39 is 5.60 Å². The second kappa shape index (κ2) is 7.90. The molecule has 2 aromatic heterocycles. The molecule has 1 aliphatic rings. The maximum Gasteiger partial charge on any atom is 0.161 e. The summed E-state index contributed by atoms with van der Waals surface area (Å²) in [6.07, 6.45) is 2.48. The fourth-order valence-corrected chi connectivity index (χ4v) is 4.75. The van der Waals surface area contributed by atoms with Crippen LogP contribution in [0, 0.1) is 0 Å². The minimum Gasteiger partial charge on any atom is -0.493 e. The molecule has 0 spiro atoms. The van der Waals surface area contributed by atoms with Crippen LogP contribution in [0.5, 0.6) is 11.5 Å². The Morgan fingerprint density at radius 1 is 1.00 bits per heavy atom. The van der Waals surface area contributed by atoms with Gasteiger partial charge in [0.25, 0.3) is 0 Å². The van der Waals surface area contributed by atoms with Crippen molar-refractivity contribution in [3.8, 4) is 11.5 Å². The number of hydrogen-bond acceptors (Lipinski definition) is 5. The van der Waals surface area contributed by atoms with E-state index in [0.717, 1.165) is 51.2 Å². The van der Waals surface area contributed by atoms with Crippen LogP contribution in [0.25, 0.3) is 16.6 Å². The first-order chi connectivity index (χ1) is 16.3. The van der Waals surface area contributed by atoms with Crippen LogP contribution in [-0.2, 0) is 16.9 Å². The molecule has 1 unspecified atom stereocenters. The van der Waals surface area contributed by atoms with Gasteiger partial charge in [0.05, 0.1) is 12.1 Å². The average Bonchev–Trinajstić information content (AvgIpc) is 3.36. The quantitative estimate of drug-likeness (QED) is 0.381. The Morgan fingerprint density at radius 2 is 1.94 bits per heavy atom. The Balaban J connectivity index is 1.28. The van der Waals surface area contributed by atoms with Crippen molar-refractivity contribution in [1.29, 1.82) is 0 Å². The summed E-state index contributed by atoms with van der Waals surface area (Å²) in [4.78, 5) is 0. The van der Waals surface area contributed by atoms with Crippen LogP contribution in [0.3, 0.4) is 0 Å². The standard InChI is InChI=1S/C27H23N3O3/c1-31-27(13-14-32-25-8-3-2-7-23(25)27)21-5-4-6-22(16-21)33-17-19-9-11-24-20(15-19)10-12-26-29-28-18-30(24)26/h2-12,15-16,18H,13-14,17H2,1H3. The van der Waals surface area contributed by atoms with Gasteiger partial charge in [-0.15, -0.1) is 10.2 Å². The van der Waals surface area contributed by atoms with Gasteiger partial charge < -0.3 is 14.2 Å². The Labute approximate surface area is 191 Å². The molecule has 0 N–H and O–H groups in total. The molecule has 3 heterocycles. The normalized spacial score (nSPS) is 17.6. The molecule has 6 nitrogen and oxygen atoms in total. The summed E-state index contributed by atoms with van der Waals surface area (Å²) in [7, 11) is 1.76. The molecule has 6 heteroatoms. The first-order valence-electron chi connectivity index (χ1n) is 11.0. The number of aromatic nitrogens is 3. The van der Waals surface area contributed by atoms with Gasteiger partial charge in [-0.25, -0.2) is 0 Å². The van der Waals surface area contributed by atoms with Crippen molar-refractivity contribution in [2.75, 3.05) is 13.7 Å². The number of methoxy groups -OCH3 is 1. The fourth-order valence-electron chi connectivity index (χ4n) is 4.75. The molecule has 0 bridgehead atoms. The van der Waals surface area contributed by atoms with Gasteiger partial charge in [-0.3, -0.25) is 4.40 Å². The second-order valence-corrected chi connectivity index (χ2v) is 8.23. The van der Waals surface area contributed by atoms with Gasteiger partial charge in [0, 0.05) is 19.1 Å². The Kier molecular flexibility index (Phi) is 4.73. The molecule has 1 aliphatic heterocycles. The lowest BCUT2D eigenvalue weighted by Crippen LogP contribution is -2.36. The van der Waals surface area contributed by atoms with Gasteiger partial charge in [-0.05, 0) is 59.0 Å². The summed E-state index contributed by atoms with van der Waals surface area (Å²) in [5, 5.41) is 9.22. The second-order valence-electron chi connectivity index (χ2n) is 8.23. The average molecular weight is 437 g/mol. The highest BCUT2D eigenvalue weighted by Gasteiger charge is 2.39. The van der Waals surface area contributed by atoms with Crippen LogP contribution in [-0.4, -0.2) is 28.3 Å². The third kappa shape index (κ3) is 3.31. The third-order valence-electron chi connectivity index (χ3n) is 6.43. The van der Waals surface area contributed by atoms with E-state index in [1.54, 1.807) is 13.4 Å². The van der Waals surface area contributed by atoms with Gasteiger partial charge in [0.2, 0.25) is 0 Å². The van der Waals surface area contributed by atoms with Crippen LogP contribution in [0.4, 0.5) is 0 Å². The summed E-state index contributed by atoms with van der Waals surface area (Å²) in [5.41, 5.74) is 4.56. The van der Waals surface area contributed by atoms with E-state index in [1.807, 2.05) is 40.8 Å². The zero-order valence-corrected chi connectivity index (χ0v) is 18.3. The molecule has 0 amide bonds. The van der Waals surface area contributed by atoms with Crippen molar-refractivity contribution in [1.82, 2.24) is 14.6 Å². The highest BCUT2D eigenvalue weighted by Crippen LogP contribution is 2.44. The van der Waals surface area contributed by atoms with Crippen LogP contribution in [0.2, 0.25) is 0 Å². The number of ether oxygens (including phenoxy) is 3. The summed E-state index contributed by atoms with van der Waals surface area (Å²) in [6, 6.07) is 26.6. The van der Waals surface area contributed by atoms with Crippen molar-refractivity contribution >= 4 is 16.6 Å². The smallest absolute Gasteiger partial charge is 0.161 e. The van der Waals surface area contributed by atoms with Crippen LogP contribution >= 0.6 is 0 Å². The van der Waals surface area contributed by atoms with E-state index in [1.165, 1.54) is 0 Å². The van der Waals surface area contributed by atoms with Crippen molar-refractivity contribution in [2.24, 2.45) is 0 Å². The molecule has 33 heavy (non-hydrogen) atoms. The molecule has 3 aromatic carbocycles. The van der Waals surface area contributed by atoms with Crippen molar-refractivity contribution in [2.45, 2.75) is 18.6 Å². The predicted molar refractivity (Wildman–Crippen MR) is 126 cm³/mol. The van der Waals surface area contributed by atoms with Gasteiger partial charge in [-0.1, -0.05) is 36.4 Å². The van der Waals surface area contributed by atoms with Crippen LogP contribution in [0.15, 0.2) is 85.2 Å². The molecule has 1 atom stereocenters. The number of hydrogen-bond donors (Lipinski definition) is 0. The fraction of sp³-hybridized carbons (Fsp3) is 0.185. The highest BCUT2D eigenvalue weighted by molar-refractivity contribution is 5.82. The lowest BCUT2D eigenvalue weighted by molar-refractivity contribution is -0.0107. The third-order valence-corrected chi connectivity index (χ3v) is 6.43. The topological polar surface area (TPSA) is 57.9 Å². The van der Waals surface area contributed by atoms with Crippen LogP contribution < -0.4 is 9.47 Å². The van der Waals surface area contributed by atoms with Gasteiger partial charge in [0.15, 0.2) is 5.65 Å². The Hall–Kier alpha value is -3.90. The predicted octanol–water partition coefficient (Wildman–Crippen LogP) is 5.13.